The van der Waals surface area contributed by atoms with E-state index in [2.05, 4.69) is 22.3 Å². The molecule has 0 radical (unpaired) electrons. The predicted molar refractivity (Wildman–Crippen MR) is 73.4 cm³/mol. The molecule has 0 unspecified atom stereocenters. The Morgan fingerprint density at radius 2 is 2.30 bits per heavy atom. The van der Waals surface area contributed by atoms with Gasteiger partial charge >= 0.3 is 5.97 Å². The third-order valence-corrected chi connectivity index (χ3v) is 4.01. The fourth-order valence-electron chi connectivity index (χ4n) is 2.53. The maximum Gasteiger partial charge on any atom is 0.356 e. The van der Waals surface area contributed by atoms with E-state index in [0.29, 0.717) is 17.9 Å². The van der Waals surface area contributed by atoms with Crippen molar-refractivity contribution in [1.82, 2.24) is 19.9 Å². The van der Waals surface area contributed by atoms with Crippen LogP contribution < -0.4 is 5.32 Å². The van der Waals surface area contributed by atoms with Crippen molar-refractivity contribution in [2.45, 2.75) is 38.3 Å². The largest absolute Gasteiger partial charge is 0.464 e. The average Bonchev–Trinajstić information content (AvgIpc) is 2.89. The zero-order valence-electron chi connectivity index (χ0n) is 11.7. The summed E-state index contributed by atoms with van der Waals surface area (Å²) in [7, 11) is 1.37. The second kappa shape index (κ2) is 4.86. The number of hydrogen-bond donors (Lipinski definition) is 1. The lowest BCUT2D eigenvalue weighted by Crippen LogP contribution is -2.47. The van der Waals surface area contributed by atoms with Crippen LogP contribution in [0, 0.1) is 0 Å². The molecule has 0 spiro atoms. The number of ether oxygens (including phenoxy) is 1. The van der Waals surface area contributed by atoms with Crippen LogP contribution in [0.3, 0.4) is 0 Å². The Kier molecular flexibility index (Phi) is 3.17. The first-order valence-electron chi connectivity index (χ1n) is 6.77. The SMILES string of the molecule is COC(=O)c1cc(CNC2(C)CCC2)cc2ncnn12. The Labute approximate surface area is 117 Å². The van der Waals surface area contributed by atoms with Crippen molar-refractivity contribution in [1.29, 1.82) is 0 Å². The van der Waals surface area contributed by atoms with Crippen molar-refractivity contribution in [3.8, 4) is 0 Å². The van der Waals surface area contributed by atoms with E-state index < -0.39 is 5.97 Å². The summed E-state index contributed by atoms with van der Waals surface area (Å²) >= 11 is 0. The van der Waals surface area contributed by atoms with Crippen LogP contribution in [-0.2, 0) is 11.3 Å². The summed E-state index contributed by atoms with van der Waals surface area (Å²) in [6.45, 7) is 2.94. The Morgan fingerprint density at radius 1 is 1.50 bits per heavy atom. The molecule has 0 saturated heterocycles. The molecule has 2 aromatic rings. The molecule has 1 aliphatic carbocycles. The molecule has 0 amide bonds. The van der Waals surface area contributed by atoms with Crippen LogP contribution in [0.4, 0.5) is 0 Å². The van der Waals surface area contributed by atoms with Crippen LogP contribution in [0.2, 0.25) is 0 Å². The van der Waals surface area contributed by atoms with Crippen molar-refractivity contribution in [2.75, 3.05) is 7.11 Å². The van der Waals surface area contributed by atoms with Gasteiger partial charge < -0.3 is 10.1 Å². The highest BCUT2D eigenvalue weighted by Crippen LogP contribution is 2.31. The highest BCUT2D eigenvalue weighted by Gasteiger charge is 2.30. The molecule has 0 bridgehead atoms. The Bertz CT molecular complexity index is 646. The van der Waals surface area contributed by atoms with Gasteiger partial charge in [-0.15, -0.1) is 0 Å². The highest BCUT2D eigenvalue weighted by molar-refractivity contribution is 5.88. The van der Waals surface area contributed by atoms with Gasteiger partial charge in [-0.05, 0) is 43.9 Å². The van der Waals surface area contributed by atoms with Crippen LogP contribution in [0.5, 0.6) is 0 Å². The molecular weight excluding hydrogens is 256 g/mol. The molecule has 20 heavy (non-hydrogen) atoms. The first-order chi connectivity index (χ1) is 9.61. The third-order valence-electron chi connectivity index (χ3n) is 4.01. The average molecular weight is 274 g/mol. The lowest BCUT2D eigenvalue weighted by Gasteiger charge is -2.39. The zero-order chi connectivity index (χ0) is 14.2. The number of fused-ring (bicyclic) bond motifs is 1. The van der Waals surface area contributed by atoms with Gasteiger partial charge in [0.05, 0.1) is 7.11 Å². The van der Waals surface area contributed by atoms with E-state index in [1.54, 1.807) is 0 Å². The second-order valence-corrected chi connectivity index (χ2v) is 5.54. The van der Waals surface area contributed by atoms with Crippen LogP contribution in [0.1, 0.15) is 42.2 Å². The Morgan fingerprint density at radius 3 is 2.95 bits per heavy atom. The summed E-state index contributed by atoms with van der Waals surface area (Å²) in [4.78, 5) is 16.0. The molecule has 0 aliphatic heterocycles. The van der Waals surface area contributed by atoms with Gasteiger partial charge in [0.25, 0.3) is 0 Å². The van der Waals surface area contributed by atoms with Gasteiger partial charge in [-0.25, -0.2) is 14.3 Å². The first kappa shape index (κ1) is 13.1. The normalized spacial score (nSPS) is 16.9. The summed E-state index contributed by atoms with van der Waals surface area (Å²) < 4.78 is 6.30. The number of nitrogens with zero attached hydrogens (tertiary/aromatic N) is 3. The molecule has 106 valence electrons. The molecule has 3 rings (SSSR count). The molecule has 2 heterocycles. The molecule has 6 heteroatoms. The molecule has 1 N–H and O–H groups in total. The van der Waals surface area contributed by atoms with Crippen molar-refractivity contribution >= 4 is 11.6 Å². The first-order valence-corrected chi connectivity index (χ1v) is 6.77. The van der Waals surface area contributed by atoms with Crippen LogP contribution in [0.15, 0.2) is 18.5 Å². The van der Waals surface area contributed by atoms with Crippen LogP contribution in [-0.4, -0.2) is 33.2 Å². The van der Waals surface area contributed by atoms with Gasteiger partial charge in [-0.3, -0.25) is 0 Å². The summed E-state index contributed by atoms with van der Waals surface area (Å²) in [5.74, 6) is -0.405. The van der Waals surface area contributed by atoms with E-state index in [1.165, 1.54) is 37.2 Å². The monoisotopic (exact) mass is 274 g/mol. The summed E-state index contributed by atoms with van der Waals surface area (Å²) in [5.41, 5.74) is 2.30. The fraction of sp³-hybridized carbons (Fsp3) is 0.500. The summed E-state index contributed by atoms with van der Waals surface area (Å²) in [6, 6.07) is 3.75. The molecule has 6 nitrogen and oxygen atoms in total. The number of carbonyl (C=O) groups is 1. The van der Waals surface area contributed by atoms with Crippen LogP contribution >= 0.6 is 0 Å². The van der Waals surface area contributed by atoms with Crippen LogP contribution in [0.25, 0.3) is 5.65 Å². The Balaban J connectivity index is 1.89. The van der Waals surface area contributed by atoms with Crippen molar-refractivity contribution < 1.29 is 9.53 Å². The van der Waals surface area contributed by atoms with E-state index in [4.69, 9.17) is 4.74 Å². The summed E-state index contributed by atoms with van der Waals surface area (Å²) in [5, 5.41) is 7.59. The van der Waals surface area contributed by atoms with Gasteiger partial charge in [-0.1, -0.05) is 0 Å². The number of rotatable bonds is 4. The Hall–Kier alpha value is -1.95. The van der Waals surface area contributed by atoms with Crippen molar-refractivity contribution in [3.63, 3.8) is 0 Å². The highest BCUT2D eigenvalue weighted by atomic mass is 16.5. The number of carbonyl (C=O) groups excluding carboxylic acids is 1. The summed E-state index contributed by atoms with van der Waals surface area (Å²) in [6.07, 6.45) is 5.11. The lowest BCUT2D eigenvalue weighted by molar-refractivity contribution is 0.0590. The maximum absolute atomic E-state index is 11.8. The molecule has 1 aliphatic rings. The standard InChI is InChI=1S/C14H18N4O2/c1-14(4-3-5-14)16-8-10-6-11(13(19)20-2)18-12(7-10)15-9-17-18/h6-7,9,16H,3-5,8H2,1-2H3. The van der Waals surface area contributed by atoms with Crippen molar-refractivity contribution in [3.05, 3.63) is 29.7 Å². The van der Waals surface area contributed by atoms with E-state index in [-0.39, 0.29) is 5.54 Å². The van der Waals surface area contributed by atoms with E-state index >= 15 is 0 Å². The number of aromatic nitrogens is 3. The molecular formula is C14H18N4O2. The van der Waals surface area contributed by atoms with Crippen molar-refractivity contribution in [2.24, 2.45) is 0 Å². The van der Waals surface area contributed by atoms with Gasteiger partial charge in [-0.2, -0.15) is 5.10 Å². The fourth-order valence-corrected chi connectivity index (χ4v) is 2.53. The minimum Gasteiger partial charge on any atom is -0.464 e. The van der Waals surface area contributed by atoms with E-state index in [1.807, 2.05) is 12.1 Å². The number of hydrogen-bond acceptors (Lipinski definition) is 5. The molecule has 2 aromatic heterocycles. The minimum atomic E-state index is -0.405. The van der Waals surface area contributed by atoms with Gasteiger partial charge in [0.2, 0.25) is 0 Å². The van der Waals surface area contributed by atoms with Gasteiger partial charge in [0.1, 0.15) is 6.33 Å². The zero-order valence-corrected chi connectivity index (χ0v) is 11.7. The quantitative estimate of drug-likeness (QED) is 0.857. The lowest BCUT2D eigenvalue weighted by atomic mass is 9.78. The topological polar surface area (TPSA) is 68.5 Å². The molecule has 1 saturated carbocycles. The predicted octanol–water partition coefficient (Wildman–Crippen LogP) is 1.55. The smallest absolute Gasteiger partial charge is 0.356 e. The van der Waals surface area contributed by atoms with E-state index in [9.17, 15) is 4.79 Å². The van der Waals surface area contributed by atoms with Gasteiger partial charge in [0, 0.05) is 12.1 Å². The second-order valence-electron chi connectivity index (χ2n) is 5.54. The molecule has 1 fully saturated rings. The number of methoxy groups -OCH3 is 1. The molecule has 0 atom stereocenters. The number of esters is 1. The van der Waals surface area contributed by atoms with Gasteiger partial charge in [0.15, 0.2) is 11.3 Å². The number of nitrogens with one attached hydrogen (secondary N) is 1. The number of pyridine rings is 1. The third kappa shape index (κ3) is 2.27. The van der Waals surface area contributed by atoms with E-state index in [0.717, 1.165) is 5.56 Å². The molecule has 0 aromatic carbocycles. The minimum absolute atomic E-state index is 0.227. The maximum atomic E-state index is 11.8.